The van der Waals surface area contributed by atoms with Crippen molar-refractivity contribution < 1.29 is 4.79 Å². The number of hydrogen-bond donors (Lipinski definition) is 2. The summed E-state index contributed by atoms with van der Waals surface area (Å²) in [5.41, 5.74) is 2.66. The second kappa shape index (κ2) is 5.91. The number of nitrogens with one attached hydrogen (secondary N) is 2. The van der Waals surface area contributed by atoms with Crippen LogP contribution in [0.5, 0.6) is 0 Å². The molecule has 21 heavy (non-hydrogen) atoms. The average molecular weight is 282 g/mol. The number of aryl methyl sites for hydroxylation is 1. The molecule has 2 N–H and O–H groups in total. The van der Waals surface area contributed by atoms with E-state index in [2.05, 4.69) is 20.6 Å². The van der Waals surface area contributed by atoms with Gasteiger partial charge in [-0.1, -0.05) is 29.8 Å². The molecular weight excluding hydrogens is 264 g/mol. The summed E-state index contributed by atoms with van der Waals surface area (Å²) in [6.45, 7) is 2.53. The molecule has 1 fully saturated rings. The minimum absolute atomic E-state index is 0.183. The molecule has 0 spiro atoms. The molecule has 0 saturated heterocycles. The molecule has 108 valence electrons. The number of anilines is 1. The highest BCUT2D eigenvalue weighted by Crippen LogP contribution is 2.22. The number of carbonyl (C=O) groups is 1. The van der Waals surface area contributed by atoms with Crippen LogP contribution in [-0.2, 0) is 6.54 Å². The molecule has 5 heteroatoms. The Labute approximate surface area is 123 Å². The first-order valence-electron chi connectivity index (χ1n) is 7.14. The van der Waals surface area contributed by atoms with Gasteiger partial charge in [0.15, 0.2) is 0 Å². The van der Waals surface area contributed by atoms with E-state index >= 15 is 0 Å². The van der Waals surface area contributed by atoms with Gasteiger partial charge in [0.25, 0.3) is 5.91 Å². The van der Waals surface area contributed by atoms with Crippen molar-refractivity contribution in [3.8, 4) is 0 Å². The van der Waals surface area contributed by atoms with Crippen molar-refractivity contribution in [1.82, 2.24) is 15.3 Å². The largest absolute Gasteiger partial charge is 0.351 e. The second-order valence-corrected chi connectivity index (χ2v) is 5.35. The molecule has 1 aromatic carbocycles. The third-order valence-electron chi connectivity index (χ3n) is 3.37. The molecule has 0 aliphatic heterocycles. The van der Waals surface area contributed by atoms with Crippen molar-refractivity contribution in [3.63, 3.8) is 0 Å². The Morgan fingerprint density at radius 3 is 2.71 bits per heavy atom. The molecule has 1 saturated carbocycles. The molecule has 0 radical (unpaired) electrons. The van der Waals surface area contributed by atoms with E-state index in [-0.39, 0.29) is 5.91 Å². The quantitative estimate of drug-likeness (QED) is 0.883. The summed E-state index contributed by atoms with van der Waals surface area (Å²) in [6, 6.07) is 10.2. The third kappa shape index (κ3) is 3.78. The van der Waals surface area contributed by atoms with Crippen LogP contribution in [0.15, 0.2) is 36.5 Å². The molecule has 3 rings (SSSR count). The van der Waals surface area contributed by atoms with Crippen LogP contribution in [0.3, 0.4) is 0 Å². The zero-order chi connectivity index (χ0) is 14.7. The Kier molecular flexibility index (Phi) is 3.81. The van der Waals surface area contributed by atoms with E-state index < -0.39 is 0 Å². The predicted octanol–water partition coefficient (Wildman–Crippen LogP) is 2.29. The Morgan fingerprint density at radius 2 is 2.00 bits per heavy atom. The normalized spacial score (nSPS) is 13.8. The lowest BCUT2D eigenvalue weighted by Gasteiger charge is -2.07. The third-order valence-corrected chi connectivity index (χ3v) is 3.37. The minimum Gasteiger partial charge on any atom is -0.351 e. The van der Waals surface area contributed by atoms with Crippen molar-refractivity contribution in [2.45, 2.75) is 32.4 Å². The molecule has 0 atom stereocenters. The number of benzene rings is 1. The van der Waals surface area contributed by atoms with Gasteiger partial charge in [0, 0.05) is 18.8 Å². The van der Waals surface area contributed by atoms with Crippen LogP contribution in [0.25, 0.3) is 0 Å². The molecule has 0 bridgehead atoms. The zero-order valence-corrected chi connectivity index (χ0v) is 12.0. The van der Waals surface area contributed by atoms with E-state index in [0.717, 1.165) is 18.4 Å². The summed E-state index contributed by atoms with van der Waals surface area (Å²) in [6.07, 6.45) is 3.90. The van der Waals surface area contributed by atoms with Gasteiger partial charge in [0.05, 0.1) is 0 Å². The first kappa shape index (κ1) is 13.5. The van der Waals surface area contributed by atoms with E-state index in [0.29, 0.717) is 24.2 Å². The van der Waals surface area contributed by atoms with E-state index in [1.54, 1.807) is 12.3 Å². The van der Waals surface area contributed by atoms with Gasteiger partial charge in [0.1, 0.15) is 5.69 Å². The Morgan fingerprint density at radius 1 is 1.24 bits per heavy atom. The number of hydrogen-bond acceptors (Lipinski definition) is 4. The summed E-state index contributed by atoms with van der Waals surface area (Å²) in [4.78, 5) is 20.5. The fourth-order valence-electron chi connectivity index (χ4n) is 1.94. The van der Waals surface area contributed by atoms with E-state index in [1.165, 1.54) is 5.56 Å². The molecule has 1 heterocycles. The molecule has 2 aromatic rings. The van der Waals surface area contributed by atoms with Crippen LogP contribution in [-0.4, -0.2) is 21.9 Å². The van der Waals surface area contributed by atoms with Crippen molar-refractivity contribution in [3.05, 3.63) is 53.3 Å². The molecule has 1 aliphatic rings. The van der Waals surface area contributed by atoms with Gasteiger partial charge in [0.2, 0.25) is 5.95 Å². The highest BCUT2D eigenvalue weighted by molar-refractivity contribution is 5.92. The SMILES string of the molecule is Cc1ccc(CNC(=O)c2ccnc(NC3CC3)n2)cc1. The van der Waals surface area contributed by atoms with Gasteiger partial charge in [-0.15, -0.1) is 0 Å². The average Bonchev–Trinajstić information content (AvgIpc) is 3.30. The number of rotatable bonds is 5. The molecule has 1 aliphatic carbocycles. The maximum atomic E-state index is 12.1. The first-order chi connectivity index (χ1) is 10.2. The highest BCUT2D eigenvalue weighted by atomic mass is 16.1. The maximum absolute atomic E-state index is 12.1. The van der Waals surface area contributed by atoms with Gasteiger partial charge < -0.3 is 10.6 Å². The van der Waals surface area contributed by atoms with Crippen molar-refractivity contribution in [1.29, 1.82) is 0 Å². The minimum atomic E-state index is -0.183. The summed E-state index contributed by atoms with van der Waals surface area (Å²) < 4.78 is 0. The van der Waals surface area contributed by atoms with E-state index in [4.69, 9.17) is 0 Å². The lowest BCUT2D eigenvalue weighted by molar-refractivity contribution is 0.0946. The zero-order valence-electron chi connectivity index (χ0n) is 12.0. The summed E-state index contributed by atoms with van der Waals surface area (Å²) in [5.74, 6) is 0.345. The second-order valence-electron chi connectivity index (χ2n) is 5.35. The van der Waals surface area contributed by atoms with Crippen molar-refractivity contribution >= 4 is 11.9 Å². The monoisotopic (exact) mass is 282 g/mol. The maximum Gasteiger partial charge on any atom is 0.270 e. The topological polar surface area (TPSA) is 66.9 Å². The Hall–Kier alpha value is -2.43. The predicted molar refractivity (Wildman–Crippen MR) is 81.0 cm³/mol. The number of aromatic nitrogens is 2. The van der Waals surface area contributed by atoms with Gasteiger partial charge in [-0.3, -0.25) is 4.79 Å². The van der Waals surface area contributed by atoms with Crippen LogP contribution < -0.4 is 10.6 Å². The Balaban J connectivity index is 1.60. The number of nitrogens with zero attached hydrogens (tertiary/aromatic N) is 2. The first-order valence-corrected chi connectivity index (χ1v) is 7.14. The molecular formula is C16H18N4O. The van der Waals surface area contributed by atoms with E-state index in [1.807, 2.05) is 31.2 Å². The van der Waals surface area contributed by atoms with Crippen LogP contribution in [0.1, 0.15) is 34.5 Å². The molecule has 1 amide bonds. The smallest absolute Gasteiger partial charge is 0.270 e. The Bertz CT molecular complexity index is 635. The lowest BCUT2D eigenvalue weighted by Crippen LogP contribution is -2.24. The van der Waals surface area contributed by atoms with Crippen LogP contribution >= 0.6 is 0 Å². The van der Waals surface area contributed by atoms with Gasteiger partial charge in [-0.2, -0.15) is 0 Å². The molecule has 0 unspecified atom stereocenters. The number of carbonyl (C=O) groups excluding carboxylic acids is 1. The number of amides is 1. The van der Waals surface area contributed by atoms with E-state index in [9.17, 15) is 4.79 Å². The van der Waals surface area contributed by atoms with Gasteiger partial charge in [-0.05, 0) is 31.4 Å². The van der Waals surface area contributed by atoms with Crippen LogP contribution in [0.4, 0.5) is 5.95 Å². The van der Waals surface area contributed by atoms with Gasteiger partial charge >= 0.3 is 0 Å². The summed E-state index contributed by atoms with van der Waals surface area (Å²) in [5, 5.41) is 6.06. The van der Waals surface area contributed by atoms with Crippen molar-refractivity contribution in [2.24, 2.45) is 0 Å². The van der Waals surface area contributed by atoms with Gasteiger partial charge in [-0.25, -0.2) is 9.97 Å². The molecule has 5 nitrogen and oxygen atoms in total. The fourth-order valence-corrected chi connectivity index (χ4v) is 1.94. The summed E-state index contributed by atoms with van der Waals surface area (Å²) in [7, 11) is 0. The van der Waals surface area contributed by atoms with Crippen molar-refractivity contribution in [2.75, 3.05) is 5.32 Å². The standard InChI is InChI=1S/C16H18N4O/c1-11-2-4-12(5-3-11)10-18-15(21)14-8-9-17-16(20-14)19-13-6-7-13/h2-5,8-9,13H,6-7,10H2,1H3,(H,18,21)(H,17,19,20). The van der Waals surface area contributed by atoms with Crippen LogP contribution in [0.2, 0.25) is 0 Å². The summed E-state index contributed by atoms with van der Waals surface area (Å²) >= 11 is 0. The highest BCUT2D eigenvalue weighted by Gasteiger charge is 2.22. The van der Waals surface area contributed by atoms with Crippen LogP contribution in [0, 0.1) is 6.92 Å². The molecule has 1 aromatic heterocycles. The fraction of sp³-hybridized carbons (Fsp3) is 0.312. The lowest BCUT2D eigenvalue weighted by atomic mass is 10.1.